The summed E-state index contributed by atoms with van der Waals surface area (Å²) in [5, 5.41) is 0. The maximum absolute atomic E-state index is 12.2. The third kappa shape index (κ3) is 2.32. The fourth-order valence-corrected chi connectivity index (χ4v) is 0.984. The molecule has 0 aromatic carbocycles. The molecular formula is C9H10F2N2O. The normalized spacial score (nSPS) is 12.9. The van der Waals surface area contributed by atoms with Gasteiger partial charge in [-0.2, -0.15) is 0 Å². The topological polar surface area (TPSA) is 56.0 Å². The van der Waals surface area contributed by atoms with Gasteiger partial charge in [0.2, 0.25) is 0 Å². The van der Waals surface area contributed by atoms with Crippen LogP contribution < -0.4 is 5.73 Å². The largest absolute Gasteiger partial charge is 0.321 e. The highest BCUT2D eigenvalue weighted by molar-refractivity contribution is 5.99. The number of pyridine rings is 1. The van der Waals surface area contributed by atoms with Crippen molar-refractivity contribution in [3.05, 3.63) is 29.6 Å². The minimum absolute atomic E-state index is 0.172. The Morgan fingerprint density at radius 1 is 1.57 bits per heavy atom. The van der Waals surface area contributed by atoms with Crippen LogP contribution in [0.1, 0.15) is 29.4 Å². The molecule has 0 saturated carbocycles. The quantitative estimate of drug-likeness (QED) is 0.753. The number of Topliss-reactive ketones (excluding diaryl/α,β-unsaturated/α-hetero) is 1. The van der Waals surface area contributed by atoms with Gasteiger partial charge in [-0.3, -0.25) is 9.78 Å². The Morgan fingerprint density at radius 2 is 2.21 bits per heavy atom. The molecule has 1 heterocycles. The van der Waals surface area contributed by atoms with Crippen LogP contribution in [0, 0.1) is 0 Å². The highest BCUT2D eigenvalue weighted by Gasteiger charge is 2.14. The number of alkyl halides is 2. The SMILES string of the molecule is CC(N)C(=O)c1ccnc(C(F)F)c1. The zero-order valence-electron chi connectivity index (χ0n) is 7.58. The van der Waals surface area contributed by atoms with E-state index in [1.807, 2.05) is 0 Å². The number of carbonyl (C=O) groups excluding carboxylic acids is 1. The number of nitrogens with zero attached hydrogens (tertiary/aromatic N) is 1. The summed E-state index contributed by atoms with van der Waals surface area (Å²) in [5.41, 5.74) is 5.10. The molecule has 0 amide bonds. The first-order chi connectivity index (χ1) is 6.52. The van der Waals surface area contributed by atoms with Crippen LogP contribution in [0.15, 0.2) is 18.3 Å². The lowest BCUT2D eigenvalue weighted by Gasteiger charge is -2.05. The summed E-state index contributed by atoms with van der Waals surface area (Å²) >= 11 is 0. The van der Waals surface area contributed by atoms with Gasteiger partial charge in [0.1, 0.15) is 5.69 Å². The average Bonchev–Trinajstić information content (AvgIpc) is 2.16. The fraction of sp³-hybridized carbons (Fsp3) is 0.333. The van der Waals surface area contributed by atoms with Crippen molar-refractivity contribution in [3.8, 4) is 0 Å². The van der Waals surface area contributed by atoms with Gasteiger partial charge in [-0.25, -0.2) is 8.78 Å². The molecule has 5 heteroatoms. The first kappa shape index (κ1) is 10.7. The second-order valence-electron chi connectivity index (χ2n) is 2.92. The molecule has 2 N–H and O–H groups in total. The lowest BCUT2D eigenvalue weighted by molar-refractivity contribution is 0.0967. The number of rotatable bonds is 3. The molecule has 0 fully saturated rings. The lowest BCUT2D eigenvalue weighted by atomic mass is 10.1. The van der Waals surface area contributed by atoms with Crippen molar-refractivity contribution >= 4 is 5.78 Å². The van der Waals surface area contributed by atoms with Crippen LogP contribution in [0.5, 0.6) is 0 Å². The Bertz CT molecular complexity index is 339. The number of hydrogen-bond acceptors (Lipinski definition) is 3. The third-order valence-electron chi connectivity index (χ3n) is 1.70. The maximum Gasteiger partial charge on any atom is 0.280 e. The number of halogens is 2. The molecule has 0 spiro atoms. The van der Waals surface area contributed by atoms with Gasteiger partial charge < -0.3 is 5.73 Å². The van der Waals surface area contributed by atoms with Gasteiger partial charge in [0.15, 0.2) is 5.78 Å². The van der Waals surface area contributed by atoms with E-state index in [4.69, 9.17) is 5.73 Å². The Morgan fingerprint density at radius 3 is 2.71 bits per heavy atom. The molecule has 1 aromatic heterocycles. The van der Waals surface area contributed by atoms with Crippen molar-refractivity contribution in [1.82, 2.24) is 4.98 Å². The zero-order chi connectivity index (χ0) is 10.7. The summed E-state index contributed by atoms with van der Waals surface area (Å²) in [7, 11) is 0. The summed E-state index contributed by atoms with van der Waals surface area (Å²) in [6.45, 7) is 1.50. The highest BCUT2D eigenvalue weighted by Crippen LogP contribution is 2.17. The Labute approximate surface area is 79.9 Å². The van der Waals surface area contributed by atoms with Crippen molar-refractivity contribution < 1.29 is 13.6 Å². The predicted octanol–water partition coefficient (Wildman–Crippen LogP) is 1.55. The van der Waals surface area contributed by atoms with Crippen LogP contribution in [-0.4, -0.2) is 16.8 Å². The van der Waals surface area contributed by atoms with Gasteiger partial charge in [0.25, 0.3) is 6.43 Å². The van der Waals surface area contributed by atoms with E-state index in [1.165, 1.54) is 19.2 Å². The predicted molar refractivity (Wildman–Crippen MR) is 47.2 cm³/mol. The molecule has 0 bridgehead atoms. The summed E-state index contributed by atoms with van der Waals surface area (Å²) in [4.78, 5) is 14.8. The van der Waals surface area contributed by atoms with E-state index in [2.05, 4.69) is 4.98 Å². The monoisotopic (exact) mass is 200 g/mol. The van der Waals surface area contributed by atoms with Crippen molar-refractivity contribution in [2.45, 2.75) is 19.4 Å². The van der Waals surface area contributed by atoms with Crippen LogP contribution in [0.4, 0.5) is 8.78 Å². The van der Waals surface area contributed by atoms with Gasteiger partial charge in [-0.15, -0.1) is 0 Å². The van der Waals surface area contributed by atoms with Crippen LogP contribution in [0.25, 0.3) is 0 Å². The lowest BCUT2D eigenvalue weighted by Crippen LogP contribution is -2.26. The van der Waals surface area contributed by atoms with Gasteiger partial charge >= 0.3 is 0 Å². The van der Waals surface area contributed by atoms with Crippen molar-refractivity contribution in [1.29, 1.82) is 0 Å². The van der Waals surface area contributed by atoms with Gasteiger partial charge in [0, 0.05) is 11.8 Å². The summed E-state index contributed by atoms with van der Waals surface area (Å²) in [5.74, 6) is -0.366. The molecule has 76 valence electrons. The van der Waals surface area contributed by atoms with E-state index in [1.54, 1.807) is 0 Å². The van der Waals surface area contributed by atoms with Crippen LogP contribution in [-0.2, 0) is 0 Å². The molecule has 14 heavy (non-hydrogen) atoms. The fourth-order valence-electron chi connectivity index (χ4n) is 0.984. The summed E-state index contributed by atoms with van der Waals surface area (Å²) in [6, 6.07) is 1.75. The third-order valence-corrected chi connectivity index (χ3v) is 1.70. The van der Waals surface area contributed by atoms with E-state index in [0.29, 0.717) is 0 Å². The molecule has 1 rings (SSSR count). The first-order valence-corrected chi connectivity index (χ1v) is 4.06. The zero-order valence-corrected chi connectivity index (χ0v) is 7.58. The Hall–Kier alpha value is -1.36. The molecule has 0 saturated heterocycles. The molecule has 3 nitrogen and oxygen atoms in total. The smallest absolute Gasteiger partial charge is 0.280 e. The molecule has 1 atom stereocenters. The highest BCUT2D eigenvalue weighted by atomic mass is 19.3. The molecule has 0 aliphatic heterocycles. The van der Waals surface area contributed by atoms with E-state index >= 15 is 0 Å². The molecule has 0 aliphatic carbocycles. The summed E-state index contributed by atoms with van der Waals surface area (Å²) < 4.78 is 24.4. The summed E-state index contributed by atoms with van der Waals surface area (Å²) in [6.07, 6.45) is -1.49. The number of nitrogens with two attached hydrogens (primary N) is 1. The van der Waals surface area contributed by atoms with Crippen LogP contribution in [0.3, 0.4) is 0 Å². The number of hydrogen-bond donors (Lipinski definition) is 1. The maximum atomic E-state index is 12.2. The van der Waals surface area contributed by atoms with Crippen molar-refractivity contribution in [2.24, 2.45) is 5.73 Å². The van der Waals surface area contributed by atoms with Gasteiger partial charge in [-0.05, 0) is 19.1 Å². The minimum atomic E-state index is -2.67. The average molecular weight is 200 g/mol. The molecule has 1 aromatic rings. The van der Waals surface area contributed by atoms with E-state index < -0.39 is 18.2 Å². The Balaban J connectivity index is 3.00. The second kappa shape index (κ2) is 4.23. The second-order valence-corrected chi connectivity index (χ2v) is 2.92. The number of aromatic nitrogens is 1. The molecule has 1 unspecified atom stereocenters. The first-order valence-electron chi connectivity index (χ1n) is 4.06. The van der Waals surface area contributed by atoms with Crippen molar-refractivity contribution in [3.63, 3.8) is 0 Å². The van der Waals surface area contributed by atoms with Gasteiger partial charge in [0.05, 0.1) is 6.04 Å². The Kier molecular flexibility index (Phi) is 3.24. The van der Waals surface area contributed by atoms with Crippen molar-refractivity contribution in [2.75, 3.05) is 0 Å². The number of ketones is 1. The number of carbonyl (C=O) groups is 1. The van der Waals surface area contributed by atoms with E-state index in [0.717, 1.165) is 6.07 Å². The molecular weight excluding hydrogens is 190 g/mol. The molecule has 0 radical (unpaired) electrons. The van der Waals surface area contributed by atoms with Gasteiger partial charge in [-0.1, -0.05) is 0 Å². The minimum Gasteiger partial charge on any atom is -0.321 e. The standard InChI is InChI=1S/C9H10F2N2O/c1-5(12)8(14)6-2-3-13-7(4-6)9(10)11/h2-5,9H,12H2,1H3. The van der Waals surface area contributed by atoms with E-state index in [9.17, 15) is 13.6 Å². The van der Waals surface area contributed by atoms with Crippen LogP contribution >= 0.6 is 0 Å². The van der Waals surface area contributed by atoms with E-state index in [-0.39, 0.29) is 11.3 Å². The van der Waals surface area contributed by atoms with Crippen LogP contribution in [0.2, 0.25) is 0 Å². The molecule has 0 aliphatic rings.